The molecule has 0 unspecified atom stereocenters. The molecule has 1 aliphatic heterocycles. The number of carbonyl (C=O) groups excluding carboxylic acids is 1. The molecule has 0 saturated carbocycles. The zero-order chi connectivity index (χ0) is 15.2. The Balaban J connectivity index is 1.47. The zero-order valence-corrected chi connectivity index (χ0v) is 12.5. The maximum atomic E-state index is 12.1. The highest BCUT2D eigenvalue weighted by Crippen LogP contribution is 2.24. The van der Waals surface area contributed by atoms with Gasteiger partial charge in [-0.05, 0) is 37.6 Å². The average Bonchev–Trinajstić information content (AvgIpc) is 3.09. The van der Waals surface area contributed by atoms with Crippen molar-refractivity contribution in [2.45, 2.75) is 25.3 Å². The first kappa shape index (κ1) is 14.7. The van der Waals surface area contributed by atoms with E-state index in [1.807, 2.05) is 24.3 Å². The molecule has 1 atom stereocenters. The summed E-state index contributed by atoms with van der Waals surface area (Å²) in [7, 11) is 0. The third-order valence-electron chi connectivity index (χ3n) is 4.03. The largest absolute Gasteiger partial charge is 0.349 e. The van der Waals surface area contributed by atoms with Crippen LogP contribution in [0.1, 0.15) is 30.1 Å². The molecule has 2 aromatic heterocycles. The van der Waals surface area contributed by atoms with E-state index in [0.29, 0.717) is 19.0 Å². The Morgan fingerprint density at radius 2 is 2.32 bits per heavy atom. The molecular weight excluding hydrogens is 278 g/mol. The standard InChI is InChI=1S/C16H21N5O/c22-16(18-10-14-5-1-2-7-17-14)12-21-9-3-4-13(11-21)15-6-8-19-20-15/h1-2,5-8,13H,3-4,9-12H2,(H,18,22)(H,19,20)/t13-/m0/s1. The molecule has 116 valence electrons. The number of nitrogens with zero attached hydrogens (tertiary/aromatic N) is 3. The fourth-order valence-electron chi connectivity index (χ4n) is 2.90. The van der Waals surface area contributed by atoms with Crippen LogP contribution in [0.25, 0.3) is 0 Å². The number of nitrogens with one attached hydrogen (secondary N) is 2. The van der Waals surface area contributed by atoms with E-state index < -0.39 is 0 Å². The summed E-state index contributed by atoms with van der Waals surface area (Å²) >= 11 is 0. The van der Waals surface area contributed by atoms with E-state index in [1.165, 1.54) is 5.69 Å². The van der Waals surface area contributed by atoms with Gasteiger partial charge in [0.25, 0.3) is 0 Å². The Morgan fingerprint density at radius 1 is 1.36 bits per heavy atom. The first-order valence-electron chi connectivity index (χ1n) is 7.69. The van der Waals surface area contributed by atoms with Crippen molar-refractivity contribution in [2.75, 3.05) is 19.6 Å². The summed E-state index contributed by atoms with van der Waals surface area (Å²) < 4.78 is 0. The second-order valence-corrected chi connectivity index (χ2v) is 5.68. The van der Waals surface area contributed by atoms with Gasteiger partial charge in [-0.3, -0.25) is 19.8 Å². The summed E-state index contributed by atoms with van der Waals surface area (Å²) in [5.41, 5.74) is 2.04. The minimum Gasteiger partial charge on any atom is -0.349 e. The summed E-state index contributed by atoms with van der Waals surface area (Å²) in [6, 6.07) is 7.73. The van der Waals surface area contributed by atoms with Crippen molar-refractivity contribution in [3.05, 3.63) is 48.0 Å². The first-order chi connectivity index (χ1) is 10.8. The number of aromatic amines is 1. The van der Waals surface area contributed by atoms with E-state index in [9.17, 15) is 4.79 Å². The van der Waals surface area contributed by atoms with E-state index in [4.69, 9.17) is 0 Å². The van der Waals surface area contributed by atoms with Gasteiger partial charge in [-0.25, -0.2) is 0 Å². The third kappa shape index (κ3) is 3.92. The van der Waals surface area contributed by atoms with Crippen LogP contribution in [-0.4, -0.2) is 45.6 Å². The predicted octanol–water partition coefficient (Wildman–Crippen LogP) is 1.30. The van der Waals surface area contributed by atoms with Crippen LogP contribution >= 0.6 is 0 Å². The van der Waals surface area contributed by atoms with Gasteiger partial charge in [0.1, 0.15) is 0 Å². The number of amides is 1. The molecule has 1 saturated heterocycles. The SMILES string of the molecule is O=C(CN1CCC[C@H](c2ccn[nH]2)C1)NCc1ccccn1. The normalized spacial score (nSPS) is 19.0. The second-order valence-electron chi connectivity index (χ2n) is 5.68. The number of hydrogen-bond acceptors (Lipinski definition) is 4. The van der Waals surface area contributed by atoms with Crippen molar-refractivity contribution in [2.24, 2.45) is 0 Å². The molecule has 22 heavy (non-hydrogen) atoms. The summed E-state index contributed by atoms with van der Waals surface area (Å²) in [6.07, 6.45) is 5.78. The molecule has 3 rings (SSSR count). The lowest BCUT2D eigenvalue weighted by molar-refractivity contribution is -0.122. The molecule has 2 N–H and O–H groups in total. The van der Waals surface area contributed by atoms with E-state index in [0.717, 1.165) is 31.6 Å². The van der Waals surface area contributed by atoms with E-state index in [1.54, 1.807) is 12.4 Å². The minimum absolute atomic E-state index is 0.0518. The molecule has 0 radical (unpaired) electrons. The molecule has 2 aromatic rings. The predicted molar refractivity (Wildman–Crippen MR) is 83.1 cm³/mol. The van der Waals surface area contributed by atoms with Crippen molar-refractivity contribution in [1.82, 2.24) is 25.4 Å². The molecule has 1 fully saturated rings. The molecule has 6 nitrogen and oxygen atoms in total. The van der Waals surface area contributed by atoms with E-state index in [-0.39, 0.29) is 5.91 Å². The Morgan fingerprint density at radius 3 is 3.09 bits per heavy atom. The van der Waals surface area contributed by atoms with Crippen molar-refractivity contribution in [3.8, 4) is 0 Å². The highest BCUT2D eigenvalue weighted by atomic mass is 16.2. The van der Waals surface area contributed by atoms with Crippen LogP contribution in [0.5, 0.6) is 0 Å². The maximum absolute atomic E-state index is 12.1. The number of piperidine rings is 1. The quantitative estimate of drug-likeness (QED) is 0.873. The summed E-state index contributed by atoms with van der Waals surface area (Å²) in [6.45, 7) is 2.80. The number of carbonyl (C=O) groups is 1. The lowest BCUT2D eigenvalue weighted by Gasteiger charge is -2.31. The summed E-state index contributed by atoms with van der Waals surface area (Å²) in [5, 5.41) is 9.99. The summed E-state index contributed by atoms with van der Waals surface area (Å²) in [5.74, 6) is 0.496. The van der Waals surface area contributed by atoms with Gasteiger partial charge in [0.15, 0.2) is 0 Å². The topological polar surface area (TPSA) is 73.9 Å². The number of likely N-dealkylation sites (tertiary alicyclic amines) is 1. The van der Waals surface area contributed by atoms with Gasteiger partial charge in [-0.1, -0.05) is 6.07 Å². The van der Waals surface area contributed by atoms with Gasteiger partial charge >= 0.3 is 0 Å². The van der Waals surface area contributed by atoms with Crippen LogP contribution in [-0.2, 0) is 11.3 Å². The summed E-state index contributed by atoms with van der Waals surface area (Å²) in [4.78, 5) is 18.5. The zero-order valence-electron chi connectivity index (χ0n) is 12.5. The van der Waals surface area contributed by atoms with Crippen LogP contribution in [0.2, 0.25) is 0 Å². The molecular formula is C16H21N5O. The highest BCUT2D eigenvalue weighted by Gasteiger charge is 2.23. The Bertz CT molecular complexity index is 584. The highest BCUT2D eigenvalue weighted by molar-refractivity contribution is 5.77. The molecule has 1 aliphatic rings. The van der Waals surface area contributed by atoms with Crippen molar-refractivity contribution >= 4 is 5.91 Å². The molecule has 0 spiro atoms. The van der Waals surface area contributed by atoms with Crippen molar-refractivity contribution in [1.29, 1.82) is 0 Å². The number of rotatable bonds is 5. The van der Waals surface area contributed by atoms with Crippen LogP contribution in [0.3, 0.4) is 0 Å². The number of aromatic nitrogens is 3. The van der Waals surface area contributed by atoms with E-state index >= 15 is 0 Å². The number of H-pyrrole nitrogens is 1. The van der Waals surface area contributed by atoms with Crippen molar-refractivity contribution < 1.29 is 4.79 Å². The fraction of sp³-hybridized carbons (Fsp3) is 0.438. The molecule has 6 heteroatoms. The fourth-order valence-corrected chi connectivity index (χ4v) is 2.90. The Labute approximate surface area is 129 Å². The third-order valence-corrected chi connectivity index (χ3v) is 4.03. The molecule has 1 amide bonds. The average molecular weight is 299 g/mol. The monoisotopic (exact) mass is 299 g/mol. The second kappa shape index (κ2) is 7.17. The Kier molecular flexibility index (Phi) is 4.80. The number of hydrogen-bond donors (Lipinski definition) is 2. The van der Waals surface area contributed by atoms with Gasteiger partial charge in [0.05, 0.1) is 18.8 Å². The van der Waals surface area contributed by atoms with Crippen molar-refractivity contribution in [3.63, 3.8) is 0 Å². The van der Waals surface area contributed by atoms with Crippen LogP contribution in [0, 0.1) is 0 Å². The van der Waals surface area contributed by atoms with Gasteiger partial charge in [0.2, 0.25) is 5.91 Å². The molecule has 3 heterocycles. The van der Waals surface area contributed by atoms with E-state index in [2.05, 4.69) is 25.4 Å². The Hall–Kier alpha value is -2.21. The molecule has 0 aromatic carbocycles. The number of pyridine rings is 1. The lowest BCUT2D eigenvalue weighted by Crippen LogP contribution is -2.41. The van der Waals surface area contributed by atoms with Crippen LogP contribution in [0.15, 0.2) is 36.7 Å². The van der Waals surface area contributed by atoms with Gasteiger partial charge in [-0.2, -0.15) is 5.10 Å². The minimum atomic E-state index is 0.0518. The maximum Gasteiger partial charge on any atom is 0.234 e. The van der Waals surface area contributed by atoms with Gasteiger partial charge in [-0.15, -0.1) is 0 Å². The smallest absolute Gasteiger partial charge is 0.234 e. The lowest BCUT2D eigenvalue weighted by atomic mass is 9.95. The van der Waals surface area contributed by atoms with Crippen LogP contribution in [0.4, 0.5) is 0 Å². The first-order valence-corrected chi connectivity index (χ1v) is 7.69. The molecule has 0 aliphatic carbocycles. The van der Waals surface area contributed by atoms with Gasteiger partial charge in [0, 0.05) is 30.6 Å². The molecule has 0 bridgehead atoms. The van der Waals surface area contributed by atoms with Crippen LogP contribution < -0.4 is 5.32 Å². The van der Waals surface area contributed by atoms with Gasteiger partial charge < -0.3 is 5.32 Å².